The van der Waals surface area contributed by atoms with Crippen LogP contribution in [0.3, 0.4) is 0 Å². The van der Waals surface area contributed by atoms with Gasteiger partial charge in [-0.05, 0) is 52.0 Å². The molecule has 0 N–H and O–H groups in total. The standard InChI is InChI=1S/C23H30N2O6S/c1-16-14-19(30-18-10-12-24(13-11-18)22(27)31-23(2,3)4)15-21(26)25(16)17-6-8-20(9-7-17)32(5,28)29/h6-9,14-15,18H,10-13H2,1-5H3. The van der Waals surface area contributed by atoms with Gasteiger partial charge in [0.2, 0.25) is 0 Å². The van der Waals surface area contributed by atoms with E-state index in [1.807, 2.05) is 20.8 Å². The third kappa shape index (κ3) is 5.91. The third-order valence-electron chi connectivity index (χ3n) is 5.11. The van der Waals surface area contributed by atoms with Crippen molar-refractivity contribution in [2.75, 3.05) is 19.3 Å². The average Bonchev–Trinajstić information content (AvgIpc) is 2.66. The number of nitrogens with zero attached hydrogens (tertiary/aromatic N) is 2. The Bertz CT molecular complexity index is 1140. The second-order valence-electron chi connectivity index (χ2n) is 9.06. The monoisotopic (exact) mass is 462 g/mol. The Morgan fingerprint density at radius 2 is 1.66 bits per heavy atom. The maximum atomic E-state index is 12.8. The number of hydrogen-bond donors (Lipinski definition) is 0. The molecule has 8 nitrogen and oxygen atoms in total. The number of piperidine rings is 1. The quantitative estimate of drug-likeness (QED) is 0.692. The lowest BCUT2D eigenvalue weighted by atomic mass is 10.1. The summed E-state index contributed by atoms with van der Waals surface area (Å²) < 4.78 is 36.3. The summed E-state index contributed by atoms with van der Waals surface area (Å²) in [5.74, 6) is 0.479. The van der Waals surface area contributed by atoms with Gasteiger partial charge in [-0.25, -0.2) is 13.2 Å². The number of sulfone groups is 1. The van der Waals surface area contributed by atoms with Gasteiger partial charge in [0.25, 0.3) is 5.56 Å². The maximum Gasteiger partial charge on any atom is 0.410 e. The minimum Gasteiger partial charge on any atom is -0.490 e. The zero-order valence-electron chi connectivity index (χ0n) is 19.1. The van der Waals surface area contributed by atoms with Crippen LogP contribution in [0, 0.1) is 6.92 Å². The van der Waals surface area contributed by atoms with E-state index in [0.29, 0.717) is 43.1 Å². The molecule has 1 aromatic heterocycles. The van der Waals surface area contributed by atoms with E-state index in [0.717, 1.165) is 6.26 Å². The number of carbonyl (C=O) groups excluding carboxylic acids is 1. The Labute approximate surface area is 188 Å². The van der Waals surface area contributed by atoms with Crippen LogP contribution in [0.5, 0.6) is 5.75 Å². The molecule has 1 saturated heterocycles. The van der Waals surface area contributed by atoms with Crippen molar-refractivity contribution in [3.8, 4) is 11.4 Å². The van der Waals surface area contributed by atoms with Crippen molar-refractivity contribution in [1.82, 2.24) is 9.47 Å². The van der Waals surface area contributed by atoms with Gasteiger partial charge in [-0.15, -0.1) is 0 Å². The number of benzene rings is 1. The van der Waals surface area contributed by atoms with Crippen molar-refractivity contribution >= 4 is 15.9 Å². The molecule has 0 aliphatic carbocycles. The van der Waals surface area contributed by atoms with E-state index in [9.17, 15) is 18.0 Å². The highest BCUT2D eigenvalue weighted by Crippen LogP contribution is 2.22. The number of likely N-dealkylation sites (tertiary alicyclic amines) is 1. The van der Waals surface area contributed by atoms with Gasteiger partial charge in [-0.1, -0.05) is 0 Å². The molecule has 32 heavy (non-hydrogen) atoms. The Hall–Kier alpha value is -2.81. The Balaban J connectivity index is 1.68. The fourth-order valence-corrected chi connectivity index (χ4v) is 4.22. The first-order valence-electron chi connectivity index (χ1n) is 10.5. The number of amides is 1. The molecule has 3 rings (SSSR count). The largest absolute Gasteiger partial charge is 0.490 e. The van der Waals surface area contributed by atoms with Gasteiger partial charge < -0.3 is 14.4 Å². The van der Waals surface area contributed by atoms with E-state index >= 15 is 0 Å². The predicted molar refractivity (Wildman–Crippen MR) is 121 cm³/mol. The zero-order valence-corrected chi connectivity index (χ0v) is 19.9. The number of aryl methyl sites for hydroxylation is 1. The number of aromatic nitrogens is 1. The first-order chi connectivity index (χ1) is 14.8. The molecule has 0 bridgehead atoms. The van der Waals surface area contributed by atoms with E-state index in [2.05, 4.69) is 0 Å². The summed E-state index contributed by atoms with van der Waals surface area (Å²) in [6, 6.07) is 9.40. The van der Waals surface area contributed by atoms with Gasteiger partial charge in [-0.3, -0.25) is 9.36 Å². The fourth-order valence-electron chi connectivity index (χ4n) is 3.59. The molecule has 0 unspecified atom stereocenters. The summed E-state index contributed by atoms with van der Waals surface area (Å²) in [5.41, 5.74) is 0.456. The van der Waals surface area contributed by atoms with Gasteiger partial charge in [0, 0.05) is 55.7 Å². The maximum absolute atomic E-state index is 12.8. The molecule has 2 aromatic rings. The molecule has 1 fully saturated rings. The average molecular weight is 463 g/mol. The molecule has 9 heteroatoms. The molecule has 1 amide bonds. The van der Waals surface area contributed by atoms with Gasteiger partial charge >= 0.3 is 6.09 Å². The van der Waals surface area contributed by atoms with Crippen LogP contribution in [0.4, 0.5) is 4.79 Å². The third-order valence-corrected chi connectivity index (χ3v) is 6.24. The van der Waals surface area contributed by atoms with Crippen molar-refractivity contribution in [3.63, 3.8) is 0 Å². The van der Waals surface area contributed by atoms with Crippen LogP contribution in [0.15, 0.2) is 46.1 Å². The topological polar surface area (TPSA) is 94.9 Å². The van der Waals surface area contributed by atoms with Crippen LogP contribution in [0.25, 0.3) is 5.69 Å². The number of carbonyl (C=O) groups is 1. The molecule has 0 atom stereocenters. The van der Waals surface area contributed by atoms with Gasteiger partial charge in [0.15, 0.2) is 9.84 Å². The van der Waals surface area contributed by atoms with Crippen molar-refractivity contribution in [2.24, 2.45) is 0 Å². The summed E-state index contributed by atoms with van der Waals surface area (Å²) in [6.45, 7) is 8.37. The van der Waals surface area contributed by atoms with Crippen LogP contribution < -0.4 is 10.3 Å². The Kier molecular flexibility index (Phi) is 6.69. The lowest BCUT2D eigenvalue weighted by molar-refractivity contribution is 0.0126. The number of ether oxygens (including phenoxy) is 2. The van der Waals surface area contributed by atoms with E-state index in [1.165, 1.54) is 22.8 Å². The van der Waals surface area contributed by atoms with E-state index in [1.54, 1.807) is 30.0 Å². The first kappa shape index (κ1) is 23.8. The summed E-state index contributed by atoms with van der Waals surface area (Å²) in [7, 11) is -3.30. The molecule has 0 spiro atoms. The molecule has 0 radical (unpaired) electrons. The number of hydrogen-bond acceptors (Lipinski definition) is 6. The summed E-state index contributed by atoms with van der Waals surface area (Å²) >= 11 is 0. The molecule has 0 saturated carbocycles. The second-order valence-corrected chi connectivity index (χ2v) is 11.1. The first-order valence-corrected chi connectivity index (χ1v) is 12.4. The molecule has 174 valence electrons. The van der Waals surface area contributed by atoms with Crippen LogP contribution in [-0.4, -0.2) is 55.0 Å². The fraction of sp³-hybridized carbons (Fsp3) is 0.478. The molecule has 1 aromatic carbocycles. The highest BCUT2D eigenvalue weighted by molar-refractivity contribution is 7.90. The van der Waals surface area contributed by atoms with Crippen molar-refractivity contribution in [1.29, 1.82) is 0 Å². The summed E-state index contributed by atoms with van der Waals surface area (Å²) in [4.78, 5) is 26.8. The molecular formula is C23H30N2O6S. The minimum absolute atomic E-state index is 0.0996. The highest BCUT2D eigenvalue weighted by Gasteiger charge is 2.27. The normalized spacial score (nSPS) is 15.5. The highest BCUT2D eigenvalue weighted by atomic mass is 32.2. The molecule has 1 aliphatic rings. The van der Waals surface area contributed by atoms with Crippen molar-refractivity contribution in [3.05, 3.63) is 52.4 Å². The Morgan fingerprint density at radius 1 is 1.06 bits per heavy atom. The smallest absolute Gasteiger partial charge is 0.410 e. The van der Waals surface area contributed by atoms with Crippen LogP contribution in [0.2, 0.25) is 0 Å². The van der Waals surface area contributed by atoms with E-state index in [-0.39, 0.29) is 22.7 Å². The zero-order chi connectivity index (χ0) is 23.7. The number of pyridine rings is 1. The molecule has 1 aliphatic heterocycles. The van der Waals surface area contributed by atoms with Crippen LogP contribution >= 0.6 is 0 Å². The summed E-state index contributed by atoms with van der Waals surface area (Å²) in [5, 5.41) is 0. The molecule has 2 heterocycles. The van der Waals surface area contributed by atoms with Crippen molar-refractivity contribution < 1.29 is 22.7 Å². The van der Waals surface area contributed by atoms with Crippen LogP contribution in [0.1, 0.15) is 39.3 Å². The Morgan fingerprint density at radius 3 is 2.16 bits per heavy atom. The van der Waals surface area contributed by atoms with E-state index in [4.69, 9.17) is 9.47 Å². The minimum atomic E-state index is -3.30. The van der Waals surface area contributed by atoms with E-state index < -0.39 is 15.4 Å². The van der Waals surface area contributed by atoms with Crippen LogP contribution in [-0.2, 0) is 14.6 Å². The number of rotatable bonds is 4. The molecular weight excluding hydrogens is 432 g/mol. The predicted octanol–water partition coefficient (Wildman–Crippen LogP) is 3.33. The lowest BCUT2D eigenvalue weighted by Gasteiger charge is -2.33. The SMILES string of the molecule is Cc1cc(OC2CCN(C(=O)OC(C)(C)C)CC2)cc(=O)n1-c1ccc(S(C)(=O)=O)cc1. The van der Waals surface area contributed by atoms with Crippen molar-refractivity contribution in [2.45, 2.75) is 57.1 Å². The second kappa shape index (κ2) is 8.97. The van der Waals surface area contributed by atoms with Gasteiger partial charge in [0.05, 0.1) is 4.90 Å². The lowest BCUT2D eigenvalue weighted by Crippen LogP contribution is -2.44. The summed E-state index contributed by atoms with van der Waals surface area (Å²) in [6.07, 6.45) is 2.01. The van der Waals surface area contributed by atoms with Gasteiger partial charge in [-0.2, -0.15) is 0 Å². The van der Waals surface area contributed by atoms with Gasteiger partial charge in [0.1, 0.15) is 17.5 Å².